The number of hydrogen-bond donors (Lipinski definition) is 1. The molecule has 1 fully saturated rings. The van der Waals surface area contributed by atoms with E-state index in [2.05, 4.69) is 10.3 Å². The second-order valence-electron chi connectivity index (χ2n) is 6.36. The van der Waals surface area contributed by atoms with Gasteiger partial charge in [-0.1, -0.05) is 36.4 Å². The summed E-state index contributed by atoms with van der Waals surface area (Å²) in [7, 11) is 0. The van der Waals surface area contributed by atoms with Crippen LogP contribution in [-0.4, -0.2) is 22.9 Å². The lowest BCUT2D eigenvalue weighted by molar-refractivity contribution is -0.156. The predicted octanol–water partition coefficient (Wildman–Crippen LogP) is 3.98. The molecule has 0 unspecified atom stereocenters. The molecule has 0 saturated heterocycles. The van der Waals surface area contributed by atoms with E-state index in [0.29, 0.717) is 11.3 Å². The van der Waals surface area contributed by atoms with Gasteiger partial charge in [0.15, 0.2) is 0 Å². The molecule has 0 radical (unpaired) electrons. The summed E-state index contributed by atoms with van der Waals surface area (Å²) in [5.41, 5.74) is 1.32. The summed E-state index contributed by atoms with van der Waals surface area (Å²) in [5.74, 6) is -0.729. The topological polar surface area (TPSA) is 68.3 Å². The summed E-state index contributed by atoms with van der Waals surface area (Å²) in [6.07, 6.45) is 1.06. The Balaban J connectivity index is 1.44. The Morgan fingerprint density at radius 1 is 1.15 bits per heavy atom. The molecule has 2 aromatic heterocycles. The van der Waals surface area contributed by atoms with Crippen LogP contribution in [0.15, 0.2) is 53.2 Å². The number of benzene rings is 1. The van der Waals surface area contributed by atoms with Gasteiger partial charge in [0.25, 0.3) is 5.91 Å². The third-order valence-corrected chi connectivity index (χ3v) is 6.05. The number of rotatable bonds is 7. The van der Waals surface area contributed by atoms with Gasteiger partial charge in [-0.25, -0.2) is 4.98 Å². The number of hydrogen-bond acceptors (Lipinski definition) is 6. The SMILES string of the molecule is O=C(Cc1csc(-c2cccs2)n1)O[C@@H](C(=O)NC1CC1)c1ccccc1. The molecule has 1 aliphatic rings. The van der Waals surface area contributed by atoms with Crippen LogP contribution in [0.4, 0.5) is 0 Å². The molecule has 1 aliphatic carbocycles. The standard InChI is InChI=1S/C20H18N2O3S2/c23-17(11-15-12-27-20(22-15)16-7-4-10-26-16)25-18(13-5-2-1-3-6-13)19(24)21-14-8-9-14/h1-7,10,12,14,18H,8-9,11H2,(H,21,24)/t18-/m1/s1. The highest BCUT2D eigenvalue weighted by molar-refractivity contribution is 7.20. The fraction of sp³-hybridized carbons (Fsp3) is 0.250. The number of aromatic nitrogens is 1. The van der Waals surface area contributed by atoms with E-state index >= 15 is 0 Å². The van der Waals surface area contributed by atoms with E-state index in [0.717, 1.165) is 22.7 Å². The summed E-state index contributed by atoms with van der Waals surface area (Å²) in [5, 5.41) is 7.66. The Bertz CT molecular complexity index is 918. The molecule has 1 saturated carbocycles. The largest absolute Gasteiger partial charge is 0.447 e. The van der Waals surface area contributed by atoms with Gasteiger partial charge < -0.3 is 10.1 Å². The number of ether oxygens (including phenoxy) is 1. The highest BCUT2D eigenvalue weighted by Crippen LogP contribution is 2.28. The van der Waals surface area contributed by atoms with Gasteiger partial charge in [0.2, 0.25) is 6.10 Å². The first kappa shape index (κ1) is 17.9. The Morgan fingerprint density at radius 3 is 2.67 bits per heavy atom. The van der Waals surface area contributed by atoms with Crippen molar-refractivity contribution < 1.29 is 14.3 Å². The molecule has 2 heterocycles. The first-order chi connectivity index (χ1) is 13.2. The van der Waals surface area contributed by atoms with E-state index in [1.807, 2.05) is 41.1 Å². The van der Waals surface area contributed by atoms with Crippen LogP contribution in [0, 0.1) is 0 Å². The molecule has 0 bridgehead atoms. The number of carbonyl (C=O) groups is 2. The molecule has 5 nitrogen and oxygen atoms in total. The van der Waals surface area contributed by atoms with Crippen LogP contribution >= 0.6 is 22.7 Å². The van der Waals surface area contributed by atoms with Crippen molar-refractivity contribution in [1.82, 2.24) is 10.3 Å². The van der Waals surface area contributed by atoms with Crippen LogP contribution in [-0.2, 0) is 20.7 Å². The zero-order valence-electron chi connectivity index (χ0n) is 14.5. The number of nitrogens with zero attached hydrogens (tertiary/aromatic N) is 1. The molecular weight excluding hydrogens is 380 g/mol. The number of esters is 1. The maximum atomic E-state index is 12.5. The van der Waals surface area contributed by atoms with Crippen LogP contribution in [0.25, 0.3) is 9.88 Å². The van der Waals surface area contributed by atoms with Gasteiger partial charge in [-0.15, -0.1) is 22.7 Å². The second kappa shape index (κ2) is 8.02. The zero-order chi connectivity index (χ0) is 18.6. The van der Waals surface area contributed by atoms with E-state index in [4.69, 9.17) is 4.74 Å². The van der Waals surface area contributed by atoms with Crippen molar-refractivity contribution in [2.75, 3.05) is 0 Å². The second-order valence-corrected chi connectivity index (χ2v) is 8.17. The first-order valence-corrected chi connectivity index (χ1v) is 10.5. The minimum absolute atomic E-state index is 0.0436. The monoisotopic (exact) mass is 398 g/mol. The Morgan fingerprint density at radius 2 is 1.96 bits per heavy atom. The minimum Gasteiger partial charge on any atom is -0.447 e. The maximum absolute atomic E-state index is 12.5. The van der Waals surface area contributed by atoms with Gasteiger partial charge in [0.05, 0.1) is 17.0 Å². The average molecular weight is 399 g/mol. The average Bonchev–Trinajstić information content (AvgIpc) is 3.13. The number of nitrogens with one attached hydrogen (secondary N) is 1. The van der Waals surface area contributed by atoms with Crippen LogP contribution in [0.1, 0.15) is 30.2 Å². The first-order valence-electron chi connectivity index (χ1n) is 8.72. The number of thiazole rings is 1. The highest BCUT2D eigenvalue weighted by atomic mass is 32.1. The summed E-state index contributed by atoms with van der Waals surface area (Å²) in [6.45, 7) is 0. The lowest BCUT2D eigenvalue weighted by atomic mass is 10.1. The van der Waals surface area contributed by atoms with Gasteiger partial charge in [-0.3, -0.25) is 9.59 Å². The molecule has 138 valence electrons. The normalized spacial score (nSPS) is 14.5. The van der Waals surface area contributed by atoms with Gasteiger partial charge in [-0.05, 0) is 24.3 Å². The quantitative estimate of drug-likeness (QED) is 0.612. The fourth-order valence-corrected chi connectivity index (χ4v) is 4.26. The third kappa shape index (κ3) is 4.61. The van der Waals surface area contributed by atoms with Crippen molar-refractivity contribution in [2.45, 2.75) is 31.4 Å². The molecule has 7 heteroatoms. The fourth-order valence-electron chi connectivity index (χ4n) is 2.63. The molecular formula is C20H18N2O3S2. The molecule has 1 aromatic carbocycles. The summed E-state index contributed by atoms with van der Waals surface area (Å²) in [6, 6.07) is 13.3. The molecule has 0 spiro atoms. The van der Waals surface area contributed by atoms with Crippen LogP contribution < -0.4 is 5.32 Å². The molecule has 3 aromatic rings. The molecule has 0 aliphatic heterocycles. The molecule has 1 atom stereocenters. The molecule has 1 N–H and O–H groups in total. The van der Waals surface area contributed by atoms with Crippen LogP contribution in [0.5, 0.6) is 0 Å². The number of thiophene rings is 1. The third-order valence-electron chi connectivity index (χ3n) is 4.12. The summed E-state index contributed by atoms with van der Waals surface area (Å²) >= 11 is 3.11. The lowest BCUT2D eigenvalue weighted by Gasteiger charge is -2.17. The van der Waals surface area contributed by atoms with E-state index < -0.39 is 12.1 Å². The number of carbonyl (C=O) groups excluding carboxylic acids is 2. The van der Waals surface area contributed by atoms with Crippen molar-refractivity contribution >= 4 is 34.6 Å². The van der Waals surface area contributed by atoms with E-state index in [9.17, 15) is 9.59 Å². The van der Waals surface area contributed by atoms with Crippen molar-refractivity contribution in [1.29, 1.82) is 0 Å². The smallest absolute Gasteiger partial charge is 0.313 e. The Hall–Kier alpha value is -2.51. The van der Waals surface area contributed by atoms with E-state index in [1.54, 1.807) is 23.5 Å². The maximum Gasteiger partial charge on any atom is 0.313 e. The van der Waals surface area contributed by atoms with Crippen molar-refractivity contribution in [2.24, 2.45) is 0 Å². The summed E-state index contributed by atoms with van der Waals surface area (Å²) < 4.78 is 5.55. The van der Waals surface area contributed by atoms with Crippen molar-refractivity contribution in [3.63, 3.8) is 0 Å². The predicted molar refractivity (Wildman–Crippen MR) is 106 cm³/mol. The molecule has 4 rings (SSSR count). The van der Waals surface area contributed by atoms with Crippen molar-refractivity contribution in [3.8, 4) is 9.88 Å². The Kier molecular flexibility index (Phi) is 5.31. The number of amides is 1. The molecule has 1 amide bonds. The van der Waals surface area contributed by atoms with E-state index in [-0.39, 0.29) is 18.4 Å². The van der Waals surface area contributed by atoms with Gasteiger partial charge >= 0.3 is 5.97 Å². The zero-order valence-corrected chi connectivity index (χ0v) is 16.1. The lowest BCUT2D eigenvalue weighted by Crippen LogP contribution is -2.33. The van der Waals surface area contributed by atoms with Crippen LogP contribution in [0.2, 0.25) is 0 Å². The van der Waals surface area contributed by atoms with Crippen LogP contribution in [0.3, 0.4) is 0 Å². The minimum atomic E-state index is -0.935. The highest BCUT2D eigenvalue weighted by Gasteiger charge is 2.30. The molecule has 27 heavy (non-hydrogen) atoms. The van der Waals surface area contributed by atoms with Crippen molar-refractivity contribution in [3.05, 3.63) is 64.5 Å². The summed E-state index contributed by atoms with van der Waals surface area (Å²) in [4.78, 5) is 30.6. The Labute approximate surface area is 165 Å². The van der Waals surface area contributed by atoms with Gasteiger partial charge in [0, 0.05) is 17.0 Å². The van der Waals surface area contributed by atoms with Gasteiger partial charge in [0.1, 0.15) is 5.01 Å². The van der Waals surface area contributed by atoms with E-state index in [1.165, 1.54) is 11.3 Å². The van der Waals surface area contributed by atoms with Gasteiger partial charge in [-0.2, -0.15) is 0 Å².